The van der Waals surface area contributed by atoms with Crippen LogP contribution in [0.2, 0.25) is 0 Å². The zero-order valence-electron chi connectivity index (χ0n) is 20.4. The minimum atomic E-state index is -3.89. The molecule has 9 nitrogen and oxygen atoms in total. The standard InChI is InChI=1S/C25H28N6O3S2/c1-4-6-7-19-9-8-18(16-26)24(30-19)35-22(5-2)23(32)29-20-10-12-21(13-11-20)36(33,34)31-25-27-15-14-17(3)28-25/h8-15,22H,4-7H2,1-3H3,(H,29,32)(H,27,28,31). The Kier molecular flexibility index (Phi) is 9.38. The van der Waals surface area contributed by atoms with E-state index < -0.39 is 15.3 Å². The van der Waals surface area contributed by atoms with E-state index in [1.807, 2.05) is 13.0 Å². The highest BCUT2D eigenvalue weighted by Gasteiger charge is 2.22. The number of amides is 1. The first kappa shape index (κ1) is 27.1. The smallest absolute Gasteiger partial charge is 0.264 e. The van der Waals surface area contributed by atoms with Crippen molar-refractivity contribution in [3.63, 3.8) is 0 Å². The fourth-order valence-electron chi connectivity index (χ4n) is 3.23. The van der Waals surface area contributed by atoms with E-state index >= 15 is 0 Å². The highest BCUT2D eigenvalue weighted by atomic mass is 32.2. The van der Waals surface area contributed by atoms with Crippen molar-refractivity contribution in [3.05, 3.63) is 65.6 Å². The number of aromatic nitrogens is 3. The highest BCUT2D eigenvalue weighted by molar-refractivity contribution is 8.00. The molecule has 0 aliphatic carbocycles. The van der Waals surface area contributed by atoms with Crippen LogP contribution in [-0.2, 0) is 21.2 Å². The van der Waals surface area contributed by atoms with Gasteiger partial charge in [-0.3, -0.25) is 4.79 Å². The first-order valence-electron chi connectivity index (χ1n) is 11.6. The highest BCUT2D eigenvalue weighted by Crippen LogP contribution is 2.28. The number of nitrogens with zero attached hydrogens (tertiary/aromatic N) is 4. The molecular formula is C25H28N6O3S2. The van der Waals surface area contributed by atoms with E-state index in [2.05, 4.69) is 38.0 Å². The lowest BCUT2D eigenvalue weighted by Crippen LogP contribution is -2.25. The summed E-state index contributed by atoms with van der Waals surface area (Å²) >= 11 is 1.26. The number of nitrogens with one attached hydrogen (secondary N) is 2. The first-order chi connectivity index (χ1) is 17.2. The van der Waals surface area contributed by atoms with Gasteiger partial charge in [-0.05, 0) is 68.7 Å². The largest absolute Gasteiger partial charge is 0.325 e. The van der Waals surface area contributed by atoms with Gasteiger partial charge in [-0.2, -0.15) is 5.26 Å². The van der Waals surface area contributed by atoms with Crippen LogP contribution in [0.15, 0.2) is 58.6 Å². The van der Waals surface area contributed by atoms with Crippen LogP contribution in [0.5, 0.6) is 0 Å². The Bertz CT molecular complexity index is 1350. The average molecular weight is 525 g/mol. The van der Waals surface area contributed by atoms with Crippen LogP contribution in [-0.4, -0.2) is 34.5 Å². The number of nitriles is 1. The summed E-state index contributed by atoms with van der Waals surface area (Å²) in [6.45, 7) is 5.73. The van der Waals surface area contributed by atoms with Gasteiger partial charge >= 0.3 is 0 Å². The second-order valence-electron chi connectivity index (χ2n) is 8.03. The third-order valence-electron chi connectivity index (χ3n) is 5.19. The number of unbranched alkanes of at least 4 members (excludes halogenated alkanes) is 1. The second-order valence-corrected chi connectivity index (χ2v) is 10.9. The molecule has 36 heavy (non-hydrogen) atoms. The molecule has 2 heterocycles. The minimum Gasteiger partial charge on any atom is -0.325 e. The Morgan fingerprint density at radius 3 is 2.50 bits per heavy atom. The second kappa shape index (κ2) is 12.5. The van der Waals surface area contributed by atoms with Crippen molar-refractivity contribution >= 4 is 39.3 Å². The molecule has 1 atom stereocenters. The van der Waals surface area contributed by atoms with Crippen LogP contribution in [0.1, 0.15) is 50.1 Å². The summed E-state index contributed by atoms with van der Waals surface area (Å²) in [6, 6.07) is 13.3. The van der Waals surface area contributed by atoms with Crippen LogP contribution in [0.3, 0.4) is 0 Å². The molecule has 2 aromatic heterocycles. The molecule has 3 rings (SSSR count). The number of benzene rings is 1. The molecule has 0 bridgehead atoms. The van der Waals surface area contributed by atoms with Gasteiger partial charge in [0.25, 0.3) is 10.0 Å². The third-order valence-corrected chi connectivity index (χ3v) is 7.91. The predicted octanol–water partition coefficient (Wildman–Crippen LogP) is 4.70. The Hall–Kier alpha value is -3.49. The van der Waals surface area contributed by atoms with Gasteiger partial charge < -0.3 is 5.32 Å². The summed E-state index contributed by atoms with van der Waals surface area (Å²) in [6.07, 6.45) is 4.85. The van der Waals surface area contributed by atoms with E-state index in [0.717, 1.165) is 25.0 Å². The van der Waals surface area contributed by atoms with E-state index in [1.54, 1.807) is 19.1 Å². The molecular weight excluding hydrogens is 496 g/mol. The number of aryl methyl sites for hydroxylation is 2. The van der Waals surface area contributed by atoms with Gasteiger partial charge in [-0.25, -0.2) is 28.1 Å². The van der Waals surface area contributed by atoms with E-state index in [0.29, 0.717) is 28.4 Å². The summed E-state index contributed by atoms with van der Waals surface area (Å²) in [5, 5.41) is 12.4. The van der Waals surface area contributed by atoms with Gasteiger partial charge in [-0.15, -0.1) is 0 Å². The lowest BCUT2D eigenvalue weighted by Gasteiger charge is -2.16. The zero-order valence-corrected chi connectivity index (χ0v) is 22.0. The minimum absolute atomic E-state index is 0.0128. The molecule has 0 radical (unpaired) electrons. The molecule has 0 aliphatic heterocycles. The van der Waals surface area contributed by atoms with Gasteiger partial charge in [0.05, 0.1) is 15.7 Å². The van der Waals surface area contributed by atoms with Crippen molar-refractivity contribution in [2.45, 2.75) is 61.6 Å². The summed E-state index contributed by atoms with van der Waals surface area (Å²) in [7, 11) is -3.89. The number of carbonyl (C=O) groups excluding carboxylic acids is 1. The van der Waals surface area contributed by atoms with Crippen molar-refractivity contribution < 1.29 is 13.2 Å². The Labute approximate surface area is 215 Å². The summed E-state index contributed by atoms with van der Waals surface area (Å²) in [5.41, 5.74) is 2.42. The maximum absolute atomic E-state index is 13.0. The monoisotopic (exact) mass is 524 g/mol. The number of carbonyl (C=O) groups is 1. The maximum Gasteiger partial charge on any atom is 0.264 e. The van der Waals surface area contributed by atoms with Gasteiger partial charge in [0.2, 0.25) is 11.9 Å². The average Bonchev–Trinajstić information content (AvgIpc) is 2.86. The number of thioether (sulfide) groups is 1. The SMILES string of the molecule is CCCCc1ccc(C#N)c(SC(CC)C(=O)Nc2ccc(S(=O)(=O)Nc3nccc(C)n3)cc2)n1. The van der Waals surface area contributed by atoms with Crippen molar-refractivity contribution in [1.82, 2.24) is 15.0 Å². The van der Waals surface area contributed by atoms with Crippen LogP contribution >= 0.6 is 11.8 Å². The Morgan fingerprint density at radius 2 is 1.86 bits per heavy atom. The summed E-state index contributed by atoms with van der Waals surface area (Å²) < 4.78 is 27.6. The normalized spacial score (nSPS) is 11.9. The van der Waals surface area contributed by atoms with Crippen molar-refractivity contribution in [2.24, 2.45) is 0 Å². The van der Waals surface area contributed by atoms with E-state index in [4.69, 9.17) is 0 Å². The number of rotatable bonds is 11. The zero-order chi connectivity index (χ0) is 26.1. The summed E-state index contributed by atoms with van der Waals surface area (Å²) in [5.74, 6) is -0.270. The van der Waals surface area contributed by atoms with Crippen molar-refractivity contribution in [2.75, 3.05) is 10.0 Å². The fourth-order valence-corrected chi connectivity index (χ4v) is 5.19. The Morgan fingerprint density at radius 1 is 1.11 bits per heavy atom. The lowest BCUT2D eigenvalue weighted by molar-refractivity contribution is -0.115. The van der Waals surface area contributed by atoms with Crippen LogP contribution in [0.4, 0.5) is 11.6 Å². The quantitative estimate of drug-likeness (QED) is 0.344. The van der Waals surface area contributed by atoms with Gasteiger partial charge in [0, 0.05) is 23.3 Å². The number of hydrogen-bond donors (Lipinski definition) is 2. The molecule has 11 heteroatoms. The molecule has 1 unspecified atom stereocenters. The fraction of sp³-hybridized carbons (Fsp3) is 0.320. The van der Waals surface area contributed by atoms with Gasteiger partial charge in [0.1, 0.15) is 11.1 Å². The van der Waals surface area contributed by atoms with Crippen molar-refractivity contribution in [1.29, 1.82) is 5.26 Å². The number of sulfonamides is 1. The number of anilines is 2. The van der Waals surface area contributed by atoms with Crippen molar-refractivity contribution in [3.8, 4) is 6.07 Å². The maximum atomic E-state index is 13.0. The van der Waals surface area contributed by atoms with E-state index in [9.17, 15) is 18.5 Å². The lowest BCUT2D eigenvalue weighted by atomic mass is 10.2. The molecule has 188 valence electrons. The molecule has 1 amide bonds. The molecule has 0 saturated carbocycles. The first-order valence-corrected chi connectivity index (χ1v) is 13.9. The molecule has 0 saturated heterocycles. The molecule has 0 fully saturated rings. The molecule has 0 spiro atoms. The third kappa shape index (κ3) is 7.26. The molecule has 3 aromatic rings. The van der Waals surface area contributed by atoms with E-state index in [-0.39, 0.29) is 16.8 Å². The predicted molar refractivity (Wildman–Crippen MR) is 140 cm³/mol. The van der Waals surface area contributed by atoms with Crippen LogP contribution < -0.4 is 10.0 Å². The van der Waals surface area contributed by atoms with Gasteiger partial charge in [0.15, 0.2) is 0 Å². The number of pyridine rings is 1. The van der Waals surface area contributed by atoms with E-state index in [1.165, 1.54) is 42.2 Å². The van der Waals surface area contributed by atoms with Crippen LogP contribution in [0, 0.1) is 18.3 Å². The summed E-state index contributed by atoms with van der Waals surface area (Å²) in [4.78, 5) is 25.6. The molecule has 2 N–H and O–H groups in total. The number of hydrogen-bond acceptors (Lipinski definition) is 8. The van der Waals surface area contributed by atoms with Crippen LogP contribution in [0.25, 0.3) is 0 Å². The molecule has 0 aliphatic rings. The topological polar surface area (TPSA) is 138 Å². The van der Waals surface area contributed by atoms with Gasteiger partial charge in [-0.1, -0.05) is 32.0 Å². The Balaban J connectivity index is 1.69. The molecule has 1 aromatic carbocycles.